The van der Waals surface area contributed by atoms with Crippen LogP contribution in [0.3, 0.4) is 0 Å². The third-order valence-electron chi connectivity index (χ3n) is 7.05. The molecule has 0 aliphatic carbocycles. The number of fused-ring (bicyclic) bond motifs is 1. The third kappa shape index (κ3) is 5.95. The molecule has 0 bridgehead atoms. The summed E-state index contributed by atoms with van der Waals surface area (Å²) in [6.07, 6.45) is 6.98. The molecular weight excluding hydrogens is 430 g/mol. The topological polar surface area (TPSA) is 91.8 Å². The van der Waals surface area contributed by atoms with Gasteiger partial charge in [-0.05, 0) is 87.4 Å². The fourth-order valence-corrected chi connectivity index (χ4v) is 5.12. The Kier molecular flexibility index (Phi) is 8.16. The Balaban J connectivity index is 1.22. The number of methoxy groups -OCH3 is 1. The van der Waals surface area contributed by atoms with Gasteiger partial charge >= 0.3 is 5.97 Å². The highest BCUT2D eigenvalue weighted by atomic mass is 16.5. The first kappa shape index (κ1) is 24.2. The number of aryl methyl sites for hydroxylation is 2. The van der Waals surface area contributed by atoms with E-state index in [1.54, 1.807) is 13.2 Å². The molecule has 1 fully saturated rings. The largest absolute Gasteiger partial charge is 0.497 e. The van der Waals surface area contributed by atoms with E-state index in [1.165, 1.54) is 5.56 Å². The first-order valence-corrected chi connectivity index (χ1v) is 12.4. The number of hydrogen-bond acceptors (Lipinski definition) is 6. The zero-order valence-electron chi connectivity index (χ0n) is 20.0. The van der Waals surface area contributed by atoms with Gasteiger partial charge in [0.15, 0.2) is 0 Å². The smallest absolute Gasteiger partial charge is 0.325 e. The monoisotopic (exact) mass is 465 g/mol. The molecule has 1 unspecified atom stereocenters. The molecule has 7 heteroatoms. The SMILES string of the molecule is COc1cccc(C(C(=O)O)N2CCC(C(=O)CCCCc3ccc4c(n3)NCCC4)CC2)c1. The van der Waals surface area contributed by atoms with Crippen LogP contribution < -0.4 is 10.1 Å². The van der Waals surface area contributed by atoms with Crippen molar-refractivity contribution in [3.63, 3.8) is 0 Å². The summed E-state index contributed by atoms with van der Waals surface area (Å²) in [6, 6.07) is 10.8. The molecule has 2 aliphatic rings. The van der Waals surface area contributed by atoms with Crippen LogP contribution in [0, 0.1) is 5.92 Å². The van der Waals surface area contributed by atoms with E-state index in [0.29, 0.717) is 49.4 Å². The normalized spacial score (nSPS) is 17.4. The number of carboxylic acid groups (broad SMARTS) is 1. The highest BCUT2D eigenvalue weighted by molar-refractivity contribution is 5.81. The van der Waals surface area contributed by atoms with Crippen molar-refractivity contribution < 1.29 is 19.4 Å². The van der Waals surface area contributed by atoms with Gasteiger partial charge in [0.25, 0.3) is 0 Å². The number of likely N-dealkylation sites (tertiary alicyclic amines) is 1. The first-order chi connectivity index (χ1) is 16.5. The molecule has 1 aromatic heterocycles. The van der Waals surface area contributed by atoms with Crippen molar-refractivity contribution in [2.45, 2.75) is 57.4 Å². The van der Waals surface area contributed by atoms with Crippen LogP contribution in [-0.2, 0) is 22.4 Å². The maximum Gasteiger partial charge on any atom is 0.325 e. The summed E-state index contributed by atoms with van der Waals surface area (Å²) in [5.74, 6) is 1.15. The summed E-state index contributed by atoms with van der Waals surface area (Å²) < 4.78 is 5.26. The van der Waals surface area contributed by atoms with Gasteiger partial charge in [-0.25, -0.2) is 4.98 Å². The third-order valence-corrected chi connectivity index (χ3v) is 7.05. The van der Waals surface area contributed by atoms with Crippen LogP contribution in [0.2, 0.25) is 0 Å². The molecule has 0 saturated carbocycles. The number of anilines is 1. The molecule has 0 amide bonds. The summed E-state index contributed by atoms with van der Waals surface area (Å²) in [5.41, 5.74) is 3.10. The van der Waals surface area contributed by atoms with Crippen LogP contribution in [-0.4, -0.2) is 53.5 Å². The number of nitrogens with zero attached hydrogens (tertiary/aromatic N) is 2. The molecule has 7 nitrogen and oxygen atoms in total. The maximum absolute atomic E-state index is 12.8. The summed E-state index contributed by atoms with van der Waals surface area (Å²) >= 11 is 0. The number of unbranched alkanes of at least 4 members (excludes halogenated alkanes) is 1. The van der Waals surface area contributed by atoms with E-state index in [1.807, 2.05) is 23.1 Å². The number of benzene rings is 1. The number of rotatable bonds is 10. The molecule has 0 spiro atoms. The first-order valence-electron chi connectivity index (χ1n) is 12.4. The van der Waals surface area contributed by atoms with Gasteiger partial charge in [-0.15, -0.1) is 0 Å². The average molecular weight is 466 g/mol. The highest BCUT2D eigenvalue weighted by Gasteiger charge is 2.33. The van der Waals surface area contributed by atoms with E-state index in [0.717, 1.165) is 50.2 Å². The maximum atomic E-state index is 12.8. The van der Waals surface area contributed by atoms with E-state index >= 15 is 0 Å². The van der Waals surface area contributed by atoms with Crippen molar-refractivity contribution in [1.82, 2.24) is 9.88 Å². The summed E-state index contributed by atoms with van der Waals surface area (Å²) in [7, 11) is 1.58. The van der Waals surface area contributed by atoms with Gasteiger partial charge in [0.1, 0.15) is 23.4 Å². The Labute approximate surface area is 201 Å². The van der Waals surface area contributed by atoms with Crippen molar-refractivity contribution in [2.75, 3.05) is 32.1 Å². The summed E-state index contributed by atoms with van der Waals surface area (Å²) in [5, 5.41) is 13.2. The molecule has 1 saturated heterocycles. The number of carbonyl (C=O) groups excluding carboxylic acids is 1. The summed E-state index contributed by atoms with van der Waals surface area (Å²) in [4.78, 5) is 31.5. The molecule has 2 N–H and O–H groups in total. The molecule has 1 atom stereocenters. The molecule has 4 rings (SSSR count). The molecule has 2 aromatic rings. The van der Waals surface area contributed by atoms with Gasteiger partial charge < -0.3 is 15.2 Å². The van der Waals surface area contributed by atoms with Gasteiger partial charge in [0.2, 0.25) is 0 Å². The Morgan fingerprint density at radius 1 is 1.21 bits per heavy atom. The van der Waals surface area contributed by atoms with Gasteiger partial charge in [0.05, 0.1) is 7.11 Å². The van der Waals surface area contributed by atoms with Crippen LogP contribution in [0.15, 0.2) is 36.4 Å². The van der Waals surface area contributed by atoms with Crippen molar-refractivity contribution >= 4 is 17.6 Å². The number of ether oxygens (including phenoxy) is 1. The molecule has 2 aliphatic heterocycles. The van der Waals surface area contributed by atoms with Crippen LogP contribution >= 0.6 is 0 Å². The van der Waals surface area contributed by atoms with Crippen LogP contribution in [0.25, 0.3) is 0 Å². The number of Topliss-reactive ketones (excluding diaryl/α,β-unsaturated/α-hetero) is 1. The minimum absolute atomic E-state index is 0.0297. The number of pyridine rings is 1. The number of carboxylic acids is 1. The molecular formula is C27H35N3O4. The zero-order chi connectivity index (χ0) is 23.9. The second-order valence-corrected chi connectivity index (χ2v) is 9.34. The van der Waals surface area contributed by atoms with Gasteiger partial charge in [-0.2, -0.15) is 0 Å². The fraction of sp³-hybridized carbons (Fsp3) is 0.519. The predicted molar refractivity (Wildman–Crippen MR) is 131 cm³/mol. The Hall–Kier alpha value is -2.93. The van der Waals surface area contributed by atoms with Crippen molar-refractivity contribution in [3.05, 3.63) is 53.2 Å². The standard InChI is InChI=1S/C27H35N3O4/c1-34-23-9-4-6-21(18-23)25(27(32)33)30-16-13-19(14-17-30)24(31)10-3-2-8-22-12-11-20-7-5-15-28-26(20)29-22/h4,6,9,11-12,18-19,25H,2-3,5,7-8,10,13-17H2,1H3,(H,28,29)(H,32,33). The van der Waals surface area contributed by atoms with Crippen molar-refractivity contribution in [2.24, 2.45) is 5.92 Å². The summed E-state index contributed by atoms with van der Waals surface area (Å²) in [6.45, 7) is 2.21. The fourth-order valence-electron chi connectivity index (χ4n) is 5.12. The molecule has 0 radical (unpaired) electrons. The Bertz CT molecular complexity index is 1000. The lowest BCUT2D eigenvalue weighted by molar-refractivity contribution is -0.144. The average Bonchev–Trinajstić information content (AvgIpc) is 2.87. The molecule has 182 valence electrons. The number of carbonyl (C=O) groups is 2. The number of ketones is 1. The van der Waals surface area contributed by atoms with Crippen LogP contribution in [0.5, 0.6) is 5.75 Å². The molecule has 34 heavy (non-hydrogen) atoms. The second kappa shape index (κ2) is 11.5. The lowest BCUT2D eigenvalue weighted by Gasteiger charge is -2.35. The van der Waals surface area contributed by atoms with E-state index < -0.39 is 12.0 Å². The zero-order valence-corrected chi connectivity index (χ0v) is 20.0. The lowest BCUT2D eigenvalue weighted by Crippen LogP contribution is -2.41. The number of nitrogens with one attached hydrogen (secondary N) is 1. The number of hydrogen-bond donors (Lipinski definition) is 2. The van der Waals surface area contributed by atoms with Crippen LogP contribution in [0.1, 0.15) is 61.4 Å². The van der Waals surface area contributed by atoms with E-state index in [4.69, 9.17) is 9.72 Å². The Morgan fingerprint density at radius 3 is 2.79 bits per heavy atom. The minimum atomic E-state index is -0.871. The van der Waals surface area contributed by atoms with E-state index in [2.05, 4.69) is 17.4 Å². The predicted octanol–water partition coefficient (Wildman–Crippen LogP) is 4.27. The van der Waals surface area contributed by atoms with Gasteiger partial charge in [0, 0.05) is 24.6 Å². The molecule has 1 aromatic carbocycles. The highest BCUT2D eigenvalue weighted by Crippen LogP contribution is 2.30. The van der Waals surface area contributed by atoms with Gasteiger partial charge in [-0.1, -0.05) is 18.2 Å². The van der Waals surface area contributed by atoms with E-state index in [-0.39, 0.29) is 5.92 Å². The number of piperidine rings is 1. The minimum Gasteiger partial charge on any atom is -0.497 e. The Morgan fingerprint density at radius 2 is 2.03 bits per heavy atom. The quantitative estimate of drug-likeness (QED) is 0.506. The van der Waals surface area contributed by atoms with Crippen molar-refractivity contribution in [1.29, 1.82) is 0 Å². The number of aromatic nitrogens is 1. The number of aliphatic carboxylic acids is 1. The van der Waals surface area contributed by atoms with Gasteiger partial charge in [-0.3, -0.25) is 14.5 Å². The second-order valence-electron chi connectivity index (χ2n) is 9.34. The molecule has 3 heterocycles. The van der Waals surface area contributed by atoms with Crippen LogP contribution in [0.4, 0.5) is 5.82 Å². The lowest BCUT2D eigenvalue weighted by atomic mass is 9.88. The van der Waals surface area contributed by atoms with Crippen molar-refractivity contribution in [3.8, 4) is 5.75 Å². The van der Waals surface area contributed by atoms with E-state index in [9.17, 15) is 14.7 Å².